The molecule has 0 saturated heterocycles. The first-order valence-electron chi connectivity index (χ1n) is 5.19. The molecule has 0 heterocycles. The molecule has 4 N–H and O–H groups in total. The molecular formula is C11H16N2O5. The molecule has 1 atom stereocenters. The summed E-state index contributed by atoms with van der Waals surface area (Å²) in [6.07, 6.45) is 4.61. The highest BCUT2D eigenvalue weighted by molar-refractivity contribution is 5.83. The topological polar surface area (TPSA) is 116 Å². The lowest BCUT2D eigenvalue weighted by Crippen LogP contribution is -2.52. The van der Waals surface area contributed by atoms with E-state index in [9.17, 15) is 14.4 Å². The molecule has 0 bridgehead atoms. The van der Waals surface area contributed by atoms with Gasteiger partial charge in [-0.05, 0) is 20.3 Å². The third kappa shape index (κ3) is 6.37. The average molecular weight is 256 g/mol. The van der Waals surface area contributed by atoms with Crippen molar-refractivity contribution in [2.75, 3.05) is 0 Å². The lowest BCUT2D eigenvalue weighted by molar-refractivity contribution is -0.140. The number of carboxylic acids is 2. The van der Waals surface area contributed by atoms with E-state index in [1.165, 1.54) is 0 Å². The van der Waals surface area contributed by atoms with Gasteiger partial charge < -0.3 is 20.8 Å². The van der Waals surface area contributed by atoms with Crippen molar-refractivity contribution in [3.05, 3.63) is 0 Å². The van der Waals surface area contributed by atoms with Crippen LogP contribution in [-0.4, -0.2) is 39.8 Å². The molecule has 0 saturated carbocycles. The fourth-order valence-corrected chi connectivity index (χ4v) is 1.04. The number of urea groups is 1. The number of carbonyl (C=O) groups excluding carboxylic acids is 1. The van der Waals surface area contributed by atoms with Crippen LogP contribution in [0.1, 0.15) is 26.7 Å². The van der Waals surface area contributed by atoms with Crippen molar-refractivity contribution >= 4 is 18.0 Å². The molecule has 7 heteroatoms. The van der Waals surface area contributed by atoms with E-state index in [1.807, 2.05) is 0 Å². The fraction of sp³-hybridized carbons (Fsp3) is 0.545. The number of hydrogen-bond donors (Lipinski definition) is 4. The maximum absolute atomic E-state index is 11.4. The van der Waals surface area contributed by atoms with E-state index in [1.54, 1.807) is 13.8 Å². The van der Waals surface area contributed by atoms with Crippen LogP contribution in [0.2, 0.25) is 0 Å². The molecule has 0 aliphatic heterocycles. The summed E-state index contributed by atoms with van der Waals surface area (Å²) < 4.78 is 0. The number of rotatable bonds is 6. The molecule has 0 aliphatic rings. The Hall–Kier alpha value is -2.23. The maximum Gasteiger partial charge on any atom is 0.326 e. The van der Waals surface area contributed by atoms with E-state index >= 15 is 0 Å². The maximum atomic E-state index is 11.4. The molecule has 2 amide bonds. The van der Waals surface area contributed by atoms with Crippen molar-refractivity contribution in [2.24, 2.45) is 0 Å². The van der Waals surface area contributed by atoms with Gasteiger partial charge in [-0.1, -0.05) is 5.92 Å². The molecule has 0 unspecified atom stereocenters. The number of terminal acetylenes is 1. The molecule has 0 aromatic heterocycles. The molecule has 100 valence electrons. The Balaban J connectivity index is 4.43. The fourth-order valence-electron chi connectivity index (χ4n) is 1.04. The number of hydrogen-bond acceptors (Lipinski definition) is 3. The highest BCUT2D eigenvalue weighted by Crippen LogP contribution is 2.01. The number of carbonyl (C=O) groups is 3. The quantitative estimate of drug-likeness (QED) is 0.500. The summed E-state index contributed by atoms with van der Waals surface area (Å²) in [6, 6.07) is -2.02. The predicted molar refractivity (Wildman–Crippen MR) is 62.9 cm³/mol. The van der Waals surface area contributed by atoms with Gasteiger partial charge in [0.1, 0.15) is 6.04 Å². The molecule has 7 nitrogen and oxygen atoms in total. The zero-order chi connectivity index (χ0) is 14.3. The molecule has 0 fully saturated rings. The minimum absolute atomic E-state index is 0.200. The Morgan fingerprint density at radius 1 is 1.33 bits per heavy atom. The first-order chi connectivity index (χ1) is 8.18. The summed E-state index contributed by atoms with van der Waals surface area (Å²) in [6.45, 7) is 3.14. The van der Waals surface area contributed by atoms with Gasteiger partial charge in [-0.3, -0.25) is 4.79 Å². The van der Waals surface area contributed by atoms with Crippen molar-refractivity contribution in [3.63, 3.8) is 0 Å². The molecule has 0 spiro atoms. The summed E-state index contributed by atoms with van der Waals surface area (Å²) in [5.74, 6) is -0.122. The predicted octanol–water partition coefficient (Wildman–Crippen LogP) is 0.0154. The van der Waals surface area contributed by atoms with Crippen LogP contribution in [0, 0.1) is 12.3 Å². The third-order valence-corrected chi connectivity index (χ3v) is 2.04. The van der Waals surface area contributed by atoms with Gasteiger partial charge in [-0.25, -0.2) is 9.59 Å². The summed E-state index contributed by atoms with van der Waals surface area (Å²) in [5.41, 5.74) is -0.917. The van der Waals surface area contributed by atoms with Gasteiger partial charge >= 0.3 is 18.0 Å². The zero-order valence-corrected chi connectivity index (χ0v) is 10.2. The Bertz CT molecular complexity index is 383. The van der Waals surface area contributed by atoms with Gasteiger partial charge in [0.25, 0.3) is 0 Å². The molecule has 0 radical (unpaired) electrons. The minimum Gasteiger partial charge on any atom is -0.481 e. The van der Waals surface area contributed by atoms with Gasteiger partial charge in [-0.2, -0.15) is 0 Å². The van der Waals surface area contributed by atoms with Gasteiger partial charge in [-0.15, -0.1) is 6.42 Å². The Kier molecular flexibility index (Phi) is 5.69. The van der Waals surface area contributed by atoms with E-state index in [0.29, 0.717) is 0 Å². The SMILES string of the molecule is C#CC(C)(C)NC(=O)N[C@@H](CCC(=O)O)C(=O)O. The normalized spacial score (nSPS) is 12.1. The average Bonchev–Trinajstić information content (AvgIpc) is 2.22. The second-order valence-corrected chi connectivity index (χ2v) is 4.19. The van der Waals surface area contributed by atoms with E-state index in [4.69, 9.17) is 16.6 Å². The molecule has 18 heavy (non-hydrogen) atoms. The van der Waals surface area contributed by atoms with Crippen LogP contribution < -0.4 is 10.6 Å². The lowest BCUT2D eigenvalue weighted by atomic mass is 10.1. The standard InChI is InChI=1S/C11H16N2O5/c1-4-11(2,3)13-10(18)12-7(9(16)17)5-6-8(14)15/h1,7H,5-6H2,2-3H3,(H,14,15)(H,16,17)(H2,12,13,18)/t7-/m0/s1. The van der Waals surface area contributed by atoms with E-state index in [0.717, 1.165) is 0 Å². The van der Waals surface area contributed by atoms with Crippen molar-refractivity contribution in [1.29, 1.82) is 0 Å². The monoisotopic (exact) mass is 256 g/mol. The second-order valence-electron chi connectivity index (χ2n) is 4.19. The van der Waals surface area contributed by atoms with Crippen molar-refractivity contribution in [1.82, 2.24) is 10.6 Å². The molecular weight excluding hydrogens is 240 g/mol. The van der Waals surface area contributed by atoms with Gasteiger partial charge in [0.2, 0.25) is 0 Å². The highest BCUT2D eigenvalue weighted by Gasteiger charge is 2.23. The minimum atomic E-state index is -1.30. The molecule has 0 aliphatic carbocycles. The van der Waals surface area contributed by atoms with Crippen LogP contribution in [-0.2, 0) is 9.59 Å². The van der Waals surface area contributed by atoms with E-state index in [2.05, 4.69) is 16.6 Å². The van der Waals surface area contributed by atoms with Crippen molar-refractivity contribution in [3.8, 4) is 12.3 Å². The number of nitrogens with one attached hydrogen (secondary N) is 2. The van der Waals surface area contributed by atoms with Crippen LogP contribution in [0.4, 0.5) is 4.79 Å². The zero-order valence-electron chi connectivity index (χ0n) is 10.2. The largest absolute Gasteiger partial charge is 0.481 e. The van der Waals surface area contributed by atoms with Crippen LogP contribution >= 0.6 is 0 Å². The summed E-state index contributed by atoms with van der Waals surface area (Å²) >= 11 is 0. The first kappa shape index (κ1) is 15.8. The van der Waals surface area contributed by atoms with Crippen LogP contribution in [0.15, 0.2) is 0 Å². The molecule has 0 aromatic carbocycles. The Morgan fingerprint density at radius 3 is 2.28 bits per heavy atom. The molecule has 0 rings (SSSR count). The summed E-state index contributed by atoms with van der Waals surface area (Å²) in [7, 11) is 0. The van der Waals surface area contributed by atoms with E-state index < -0.39 is 29.6 Å². The summed E-state index contributed by atoms with van der Waals surface area (Å²) in [4.78, 5) is 32.6. The van der Waals surface area contributed by atoms with Crippen LogP contribution in [0.3, 0.4) is 0 Å². The Morgan fingerprint density at radius 2 is 1.89 bits per heavy atom. The lowest BCUT2D eigenvalue weighted by Gasteiger charge is -2.21. The first-order valence-corrected chi connectivity index (χ1v) is 5.19. The molecule has 0 aromatic rings. The van der Waals surface area contributed by atoms with Crippen LogP contribution in [0.5, 0.6) is 0 Å². The van der Waals surface area contributed by atoms with Crippen molar-refractivity contribution in [2.45, 2.75) is 38.3 Å². The highest BCUT2D eigenvalue weighted by atomic mass is 16.4. The Labute approximate surface area is 105 Å². The van der Waals surface area contributed by atoms with Crippen LogP contribution in [0.25, 0.3) is 0 Å². The van der Waals surface area contributed by atoms with E-state index in [-0.39, 0.29) is 12.8 Å². The number of carboxylic acid groups (broad SMARTS) is 2. The van der Waals surface area contributed by atoms with Gasteiger partial charge in [0.15, 0.2) is 0 Å². The van der Waals surface area contributed by atoms with Gasteiger partial charge in [0, 0.05) is 6.42 Å². The van der Waals surface area contributed by atoms with Gasteiger partial charge in [0.05, 0.1) is 5.54 Å². The smallest absolute Gasteiger partial charge is 0.326 e. The number of amides is 2. The van der Waals surface area contributed by atoms with Crippen molar-refractivity contribution < 1.29 is 24.6 Å². The number of aliphatic carboxylic acids is 2. The second kappa shape index (κ2) is 6.49. The summed E-state index contributed by atoms with van der Waals surface area (Å²) in [5, 5.41) is 21.8. The third-order valence-electron chi connectivity index (χ3n) is 2.04.